The molecule has 0 saturated carbocycles. The van der Waals surface area contributed by atoms with Crippen molar-refractivity contribution in [3.8, 4) is 0 Å². The van der Waals surface area contributed by atoms with Gasteiger partial charge in [-0.1, -0.05) is 13.3 Å². The molecule has 2 rings (SSSR count). The monoisotopic (exact) mass is 196 g/mol. The first-order chi connectivity index (χ1) is 6.70. The minimum Gasteiger partial charge on any atom is -0.371 e. The minimum atomic E-state index is -0.770. The first-order valence-electron chi connectivity index (χ1n) is 4.96. The lowest BCUT2D eigenvalue weighted by Crippen LogP contribution is -2.47. The third-order valence-electron chi connectivity index (χ3n) is 2.80. The summed E-state index contributed by atoms with van der Waals surface area (Å²) in [5.41, 5.74) is 6.43. The smallest absolute Gasteiger partial charge is 0.197 e. The van der Waals surface area contributed by atoms with Crippen molar-refractivity contribution in [1.29, 1.82) is 0 Å². The third kappa shape index (κ3) is 1.55. The molecule has 0 amide bonds. The van der Waals surface area contributed by atoms with Gasteiger partial charge in [-0.05, 0) is 12.3 Å². The van der Waals surface area contributed by atoms with Crippen LogP contribution in [0.15, 0.2) is 16.4 Å². The molecule has 5 heteroatoms. The van der Waals surface area contributed by atoms with Gasteiger partial charge in [0.2, 0.25) is 0 Å². The first-order valence-corrected chi connectivity index (χ1v) is 4.96. The number of nitrogens with two attached hydrogens (primary N) is 1. The van der Waals surface area contributed by atoms with Gasteiger partial charge in [0.15, 0.2) is 12.2 Å². The van der Waals surface area contributed by atoms with Crippen LogP contribution in [0.4, 0.5) is 0 Å². The lowest BCUT2D eigenvalue weighted by molar-refractivity contribution is 0.200. The van der Waals surface area contributed by atoms with E-state index in [4.69, 9.17) is 5.73 Å². The normalized spacial score (nSPS) is 31.4. The fraction of sp³-hybridized carbons (Fsp3) is 0.667. The number of nitrogens with one attached hydrogen (secondary N) is 2. The highest BCUT2D eigenvalue weighted by Gasteiger charge is 2.27. The average molecular weight is 196 g/mol. The van der Waals surface area contributed by atoms with E-state index in [1.54, 1.807) is 0 Å². The predicted molar refractivity (Wildman–Crippen MR) is 54.2 cm³/mol. The zero-order valence-electron chi connectivity index (χ0n) is 8.25. The molecule has 0 aliphatic carbocycles. The Kier molecular flexibility index (Phi) is 2.33. The largest absolute Gasteiger partial charge is 0.371 e. The van der Waals surface area contributed by atoms with Crippen LogP contribution in [0, 0.1) is 5.92 Å². The lowest BCUT2D eigenvalue weighted by Gasteiger charge is -2.32. The molecule has 14 heavy (non-hydrogen) atoms. The number of aliphatic hydroxyl groups is 1. The van der Waals surface area contributed by atoms with Crippen molar-refractivity contribution >= 4 is 5.96 Å². The van der Waals surface area contributed by atoms with Gasteiger partial charge in [-0.15, -0.1) is 0 Å². The molecule has 78 valence electrons. The number of aliphatic imine (C=N–C) groups is 1. The quantitative estimate of drug-likeness (QED) is 0.453. The summed E-state index contributed by atoms with van der Waals surface area (Å²) in [6.45, 7) is 3.08. The summed E-state index contributed by atoms with van der Waals surface area (Å²) in [5.74, 6) is 1.70. The van der Waals surface area contributed by atoms with E-state index in [0.29, 0.717) is 5.92 Å². The Labute approximate surface area is 83.1 Å². The van der Waals surface area contributed by atoms with Gasteiger partial charge in [-0.3, -0.25) is 0 Å². The molecule has 0 aromatic heterocycles. The SMILES string of the molecule is CCC1CNC2=C(C1)C(O)N=C(N)N2. The standard InChI is InChI=1S/C9H16N4O/c1-2-5-3-6-7(11-4-5)12-9(10)13-8(6)14/h5,8,11,14H,2-4H2,1H3,(H3,10,12,13). The van der Waals surface area contributed by atoms with Crippen molar-refractivity contribution < 1.29 is 5.11 Å². The van der Waals surface area contributed by atoms with E-state index in [1.165, 1.54) is 0 Å². The van der Waals surface area contributed by atoms with E-state index in [-0.39, 0.29) is 5.96 Å². The summed E-state index contributed by atoms with van der Waals surface area (Å²) >= 11 is 0. The number of guanidine groups is 1. The Morgan fingerprint density at radius 3 is 3.14 bits per heavy atom. The molecule has 2 atom stereocenters. The van der Waals surface area contributed by atoms with Crippen LogP contribution in [0.25, 0.3) is 0 Å². The summed E-state index contributed by atoms with van der Waals surface area (Å²) in [5, 5.41) is 15.8. The Morgan fingerprint density at radius 1 is 1.64 bits per heavy atom. The molecular weight excluding hydrogens is 180 g/mol. The third-order valence-corrected chi connectivity index (χ3v) is 2.80. The highest BCUT2D eigenvalue weighted by molar-refractivity contribution is 5.81. The van der Waals surface area contributed by atoms with Gasteiger partial charge in [0.25, 0.3) is 0 Å². The van der Waals surface area contributed by atoms with Crippen LogP contribution >= 0.6 is 0 Å². The molecular formula is C9H16N4O. The van der Waals surface area contributed by atoms with Crippen LogP contribution < -0.4 is 16.4 Å². The van der Waals surface area contributed by atoms with Gasteiger partial charge >= 0.3 is 0 Å². The van der Waals surface area contributed by atoms with Crippen molar-refractivity contribution in [1.82, 2.24) is 10.6 Å². The molecule has 0 aromatic carbocycles. The van der Waals surface area contributed by atoms with Crippen molar-refractivity contribution in [2.75, 3.05) is 6.54 Å². The maximum absolute atomic E-state index is 9.68. The van der Waals surface area contributed by atoms with Gasteiger partial charge < -0.3 is 21.5 Å². The van der Waals surface area contributed by atoms with E-state index < -0.39 is 6.23 Å². The number of nitrogens with zero attached hydrogens (tertiary/aromatic N) is 1. The Balaban J connectivity index is 2.17. The summed E-state index contributed by atoms with van der Waals surface area (Å²) in [4.78, 5) is 3.88. The molecule has 0 radical (unpaired) electrons. The van der Waals surface area contributed by atoms with E-state index in [0.717, 1.165) is 30.8 Å². The summed E-state index contributed by atoms with van der Waals surface area (Å²) in [6.07, 6.45) is 1.23. The van der Waals surface area contributed by atoms with Crippen LogP contribution in [0.5, 0.6) is 0 Å². The van der Waals surface area contributed by atoms with Crippen LogP contribution in [-0.4, -0.2) is 23.8 Å². The van der Waals surface area contributed by atoms with Crippen molar-refractivity contribution in [2.45, 2.75) is 26.0 Å². The highest BCUT2D eigenvalue weighted by atomic mass is 16.3. The number of rotatable bonds is 1. The van der Waals surface area contributed by atoms with E-state index in [1.807, 2.05) is 0 Å². The number of hydrogen-bond donors (Lipinski definition) is 4. The molecule has 5 nitrogen and oxygen atoms in total. The van der Waals surface area contributed by atoms with E-state index >= 15 is 0 Å². The van der Waals surface area contributed by atoms with E-state index in [2.05, 4.69) is 22.5 Å². The number of hydrogen-bond acceptors (Lipinski definition) is 5. The zero-order chi connectivity index (χ0) is 10.1. The van der Waals surface area contributed by atoms with Gasteiger partial charge in [-0.25, -0.2) is 4.99 Å². The van der Waals surface area contributed by atoms with Crippen LogP contribution in [0.1, 0.15) is 19.8 Å². The van der Waals surface area contributed by atoms with Gasteiger partial charge in [0, 0.05) is 12.1 Å². The molecule has 0 aromatic rings. The van der Waals surface area contributed by atoms with Gasteiger partial charge in [0.1, 0.15) is 5.82 Å². The highest BCUT2D eigenvalue weighted by Crippen LogP contribution is 2.25. The minimum absolute atomic E-state index is 0.277. The first kappa shape index (κ1) is 9.33. The average Bonchev–Trinajstić information content (AvgIpc) is 2.17. The van der Waals surface area contributed by atoms with Crippen LogP contribution in [0.3, 0.4) is 0 Å². The molecule has 2 aliphatic rings. The topological polar surface area (TPSA) is 82.7 Å². The number of aliphatic hydroxyl groups excluding tert-OH is 1. The molecule has 0 saturated heterocycles. The second kappa shape index (κ2) is 3.49. The van der Waals surface area contributed by atoms with E-state index in [9.17, 15) is 5.11 Å². The molecule has 2 unspecified atom stereocenters. The Hall–Kier alpha value is -1.23. The zero-order valence-corrected chi connectivity index (χ0v) is 8.25. The molecule has 0 fully saturated rings. The van der Waals surface area contributed by atoms with Crippen molar-refractivity contribution in [2.24, 2.45) is 16.6 Å². The molecule has 2 aliphatic heterocycles. The fourth-order valence-electron chi connectivity index (χ4n) is 1.86. The second-order valence-electron chi connectivity index (χ2n) is 3.77. The van der Waals surface area contributed by atoms with Gasteiger partial charge in [0.05, 0.1) is 0 Å². The van der Waals surface area contributed by atoms with Crippen molar-refractivity contribution in [3.63, 3.8) is 0 Å². The lowest BCUT2D eigenvalue weighted by atomic mass is 9.92. The maximum atomic E-state index is 9.68. The molecule has 2 heterocycles. The predicted octanol–water partition coefficient (Wildman–Crippen LogP) is -0.546. The fourth-order valence-corrected chi connectivity index (χ4v) is 1.86. The Morgan fingerprint density at radius 2 is 2.43 bits per heavy atom. The second-order valence-corrected chi connectivity index (χ2v) is 3.77. The summed E-state index contributed by atoms with van der Waals surface area (Å²) < 4.78 is 0. The summed E-state index contributed by atoms with van der Waals surface area (Å²) in [7, 11) is 0. The van der Waals surface area contributed by atoms with Gasteiger partial charge in [-0.2, -0.15) is 0 Å². The van der Waals surface area contributed by atoms with Crippen LogP contribution in [-0.2, 0) is 0 Å². The Bertz CT molecular complexity index is 297. The maximum Gasteiger partial charge on any atom is 0.197 e. The molecule has 0 bridgehead atoms. The van der Waals surface area contributed by atoms with Crippen LogP contribution in [0.2, 0.25) is 0 Å². The molecule has 0 spiro atoms. The summed E-state index contributed by atoms with van der Waals surface area (Å²) in [6, 6.07) is 0. The van der Waals surface area contributed by atoms with Crippen molar-refractivity contribution in [3.05, 3.63) is 11.4 Å². The molecule has 5 N–H and O–H groups in total.